The van der Waals surface area contributed by atoms with E-state index in [1.54, 1.807) is 23.5 Å². The molecule has 0 saturated heterocycles. The van der Waals surface area contributed by atoms with Crippen molar-refractivity contribution in [3.8, 4) is 11.3 Å². The van der Waals surface area contributed by atoms with Gasteiger partial charge in [-0.2, -0.15) is 11.3 Å². The molecule has 0 radical (unpaired) electrons. The number of quaternary nitrogens is 1. The van der Waals surface area contributed by atoms with Gasteiger partial charge in [-0.05, 0) is 23.6 Å². The number of amides is 1. The highest BCUT2D eigenvalue weighted by atomic mass is 32.1. The van der Waals surface area contributed by atoms with E-state index in [0.717, 1.165) is 5.56 Å². The number of nitrogens with zero attached hydrogens (tertiary/aromatic N) is 1. The molecule has 0 aliphatic carbocycles. The van der Waals surface area contributed by atoms with Gasteiger partial charge in [0.05, 0.1) is 40.2 Å². The summed E-state index contributed by atoms with van der Waals surface area (Å²) in [5.74, 6) is -0.533. The number of carboxylic acids is 1. The van der Waals surface area contributed by atoms with Crippen molar-refractivity contribution in [2.45, 2.75) is 12.5 Å². The maximum atomic E-state index is 12.3. The van der Waals surface area contributed by atoms with Gasteiger partial charge >= 0.3 is 5.97 Å². The second kappa shape index (κ2) is 6.97. The van der Waals surface area contributed by atoms with E-state index < -0.39 is 17.9 Å². The van der Waals surface area contributed by atoms with Gasteiger partial charge in [-0.1, -0.05) is 0 Å². The van der Waals surface area contributed by atoms with Gasteiger partial charge in [-0.15, -0.1) is 0 Å². The van der Waals surface area contributed by atoms with Crippen LogP contribution in [0.3, 0.4) is 0 Å². The number of rotatable bonds is 7. The van der Waals surface area contributed by atoms with Crippen LogP contribution in [-0.2, 0) is 4.79 Å². The number of hydrogen-bond acceptors (Lipinski definition) is 4. The molecule has 0 spiro atoms. The molecule has 2 rings (SSSR count). The summed E-state index contributed by atoms with van der Waals surface area (Å²) in [4.78, 5) is 23.3. The second-order valence-corrected chi connectivity index (χ2v) is 7.20. The molecule has 0 saturated carbocycles. The number of furan rings is 1. The molecule has 0 aliphatic heterocycles. The molecular weight excluding hydrogens is 316 g/mol. The molecule has 7 heteroatoms. The average molecular weight is 337 g/mol. The molecule has 0 aliphatic rings. The summed E-state index contributed by atoms with van der Waals surface area (Å²) in [7, 11) is 5.84. The molecular formula is C16H21N2O4S+. The van der Waals surface area contributed by atoms with Crippen molar-refractivity contribution in [3.63, 3.8) is 0 Å². The lowest BCUT2D eigenvalue weighted by atomic mass is 10.1. The smallest absolute Gasteiger partial charge is 0.305 e. The van der Waals surface area contributed by atoms with Gasteiger partial charge in [-0.25, -0.2) is 0 Å². The van der Waals surface area contributed by atoms with Crippen LogP contribution in [0.4, 0.5) is 0 Å². The van der Waals surface area contributed by atoms with Gasteiger partial charge in [0.15, 0.2) is 5.76 Å². The Bertz CT molecular complexity index is 671. The van der Waals surface area contributed by atoms with Crippen LogP contribution in [0.25, 0.3) is 11.3 Å². The quantitative estimate of drug-likeness (QED) is 0.760. The zero-order chi connectivity index (χ0) is 17.0. The normalized spacial score (nSPS) is 12.8. The number of carboxylic acid groups (broad SMARTS) is 1. The molecule has 2 aromatic heterocycles. The summed E-state index contributed by atoms with van der Waals surface area (Å²) in [6.45, 7) is 0.510. The van der Waals surface area contributed by atoms with Crippen LogP contribution in [0.15, 0.2) is 33.4 Å². The fourth-order valence-corrected chi connectivity index (χ4v) is 2.95. The van der Waals surface area contributed by atoms with Crippen molar-refractivity contribution in [2.75, 3.05) is 27.7 Å². The van der Waals surface area contributed by atoms with Crippen LogP contribution in [0.5, 0.6) is 0 Å². The fourth-order valence-electron chi connectivity index (χ4n) is 2.31. The summed E-state index contributed by atoms with van der Waals surface area (Å²) in [5, 5.41) is 15.6. The van der Waals surface area contributed by atoms with Crippen LogP contribution in [-0.4, -0.2) is 55.2 Å². The summed E-state index contributed by atoms with van der Waals surface area (Å²) >= 11 is 1.55. The molecule has 124 valence electrons. The maximum Gasteiger partial charge on any atom is 0.305 e. The zero-order valence-electron chi connectivity index (χ0n) is 13.4. The van der Waals surface area contributed by atoms with Crippen molar-refractivity contribution in [1.29, 1.82) is 0 Å². The topological polar surface area (TPSA) is 79.5 Å². The molecule has 6 nitrogen and oxygen atoms in total. The van der Waals surface area contributed by atoms with Gasteiger partial charge in [0.2, 0.25) is 0 Å². The minimum absolute atomic E-state index is 0.126. The third-order valence-corrected chi connectivity index (χ3v) is 3.84. The zero-order valence-corrected chi connectivity index (χ0v) is 14.2. The standard InChI is InChI=1S/C16H20N2O4S/c1-18(2,3)9-12(8-15(19)20)17-16(21)14-5-4-13(22-14)11-6-7-23-10-11/h4-7,10,12H,8-9H2,1-3H3,(H-,17,19,20,21)/p+1/t12-/m1/s1. The SMILES string of the molecule is C[N+](C)(C)C[C@@H](CC(=O)O)NC(=O)c1ccc(-c2ccsc2)o1. The van der Waals surface area contributed by atoms with Gasteiger partial charge < -0.3 is 19.3 Å². The molecule has 2 N–H and O–H groups in total. The van der Waals surface area contributed by atoms with Gasteiger partial charge in [-0.3, -0.25) is 9.59 Å². The maximum absolute atomic E-state index is 12.3. The first-order valence-corrected chi connectivity index (χ1v) is 8.14. The highest BCUT2D eigenvalue weighted by molar-refractivity contribution is 7.08. The Balaban J connectivity index is 2.07. The predicted molar refractivity (Wildman–Crippen MR) is 88.4 cm³/mol. The number of likely N-dealkylation sites (N-methyl/N-ethyl adjacent to an activating group) is 1. The minimum Gasteiger partial charge on any atom is -0.481 e. The molecule has 0 bridgehead atoms. The van der Waals surface area contributed by atoms with Crippen molar-refractivity contribution >= 4 is 23.2 Å². The molecule has 0 aromatic carbocycles. The van der Waals surface area contributed by atoms with E-state index in [9.17, 15) is 9.59 Å². The Morgan fingerprint density at radius 1 is 1.30 bits per heavy atom. The van der Waals surface area contributed by atoms with E-state index in [4.69, 9.17) is 9.52 Å². The molecule has 2 heterocycles. The van der Waals surface area contributed by atoms with E-state index in [2.05, 4.69) is 5.32 Å². The average Bonchev–Trinajstić information content (AvgIpc) is 3.07. The number of nitrogens with one attached hydrogen (secondary N) is 1. The van der Waals surface area contributed by atoms with Crippen LogP contribution >= 0.6 is 11.3 Å². The largest absolute Gasteiger partial charge is 0.481 e. The lowest BCUT2D eigenvalue weighted by Gasteiger charge is -2.28. The van der Waals surface area contributed by atoms with E-state index in [0.29, 0.717) is 16.8 Å². The highest BCUT2D eigenvalue weighted by Gasteiger charge is 2.24. The molecule has 1 atom stereocenters. The van der Waals surface area contributed by atoms with Gasteiger partial charge in [0.25, 0.3) is 5.91 Å². The Kier molecular flexibility index (Phi) is 5.23. The van der Waals surface area contributed by atoms with E-state index in [-0.39, 0.29) is 12.2 Å². The molecule has 0 fully saturated rings. The minimum atomic E-state index is -0.942. The highest BCUT2D eigenvalue weighted by Crippen LogP contribution is 2.24. The first-order valence-electron chi connectivity index (χ1n) is 7.20. The number of aliphatic carboxylic acids is 1. The first kappa shape index (κ1) is 17.2. The Labute approximate surface area is 138 Å². The van der Waals surface area contributed by atoms with Crippen LogP contribution in [0, 0.1) is 0 Å². The van der Waals surface area contributed by atoms with Crippen molar-refractivity contribution < 1.29 is 23.6 Å². The van der Waals surface area contributed by atoms with E-state index in [1.807, 2.05) is 38.0 Å². The summed E-state index contributed by atoms with van der Waals surface area (Å²) in [6, 6.07) is 4.79. The van der Waals surface area contributed by atoms with Gasteiger partial charge in [0, 0.05) is 10.9 Å². The third-order valence-electron chi connectivity index (χ3n) is 3.16. The summed E-state index contributed by atoms with van der Waals surface area (Å²) < 4.78 is 6.12. The number of carbonyl (C=O) groups excluding carboxylic acids is 1. The predicted octanol–water partition coefficient (Wildman–Crippen LogP) is 2.29. The Hall–Kier alpha value is -2.12. The fraction of sp³-hybridized carbons (Fsp3) is 0.375. The van der Waals surface area contributed by atoms with E-state index >= 15 is 0 Å². The Morgan fingerprint density at radius 2 is 2.04 bits per heavy atom. The molecule has 1 amide bonds. The van der Waals surface area contributed by atoms with E-state index in [1.165, 1.54) is 0 Å². The van der Waals surface area contributed by atoms with Crippen molar-refractivity contribution in [1.82, 2.24) is 5.32 Å². The lowest BCUT2D eigenvalue weighted by Crippen LogP contribution is -2.49. The third kappa shape index (κ3) is 5.22. The molecule has 2 aromatic rings. The van der Waals surface area contributed by atoms with Crippen LogP contribution in [0.1, 0.15) is 17.0 Å². The Morgan fingerprint density at radius 3 is 2.61 bits per heavy atom. The lowest BCUT2D eigenvalue weighted by molar-refractivity contribution is -0.871. The number of carbonyl (C=O) groups is 2. The van der Waals surface area contributed by atoms with Crippen molar-refractivity contribution in [2.24, 2.45) is 0 Å². The summed E-state index contributed by atoms with van der Waals surface area (Å²) in [6.07, 6.45) is -0.126. The summed E-state index contributed by atoms with van der Waals surface area (Å²) in [5.41, 5.74) is 0.919. The van der Waals surface area contributed by atoms with Crippen LogP contribution < -0.4 is 5.32 Å². The van der Waals surface area contributed by atoms with Gasteiger partial charge in [0.1, 0.15) is 5.76 Å². The van der Waals surface area contributed by atoms with Crippen molar-refractivity contribution in [3.05, 3.63) is 34.7 Å². The molecule has 23 heavy (non-hydrogen) atoms. The number of thiophene rings is 1. The molecule has 0 unspecified atom stereocenters. The first-order chi connectivity index (χ1) is 10.7. The monoisotopic (exact) mass is 337 g/mol. The van der Waals surface area contributed by atoms with Crippen LogP contribution in [0.2, 0.25) is 0 Å². The second-order valence-electron chi connectivity index (χ2n) is 6.42. The number of hydrogen-bond donors (Lipinski definition) is 2.